The van der Waals surface area contributed by atoms with Crippen molar-refractivity contribution in [3.05, 3.63) is 29.3 Å². The molecule has 0 aliphatic carbocycles. The lowest BCUT2D eigenvalue weighted by Gasteiger charge is -2.07. The molecule has 0 spiro atoms. The minimum atomic E-state index is 0.336. The Kier molecular flexibility index (Phi) is 5.67. The Bertz CT molecular complexity index is 392. The number of hydrogen-bond acceptors (Lipinski definition) is 3. The second-order valence-corrected chi connectivity index (χ2v) is 5.35. The van der Waals surface area contributed by atoms with E-state index in [9.17, 15) is 0 Å². The highest BCUT2D eigenvalue weighted by atomic mass is 16.5. The average Bonchev–Trinajstić information content (AvgIpc) is 2.77. The van der Waals surface area contributed by atoms with Gasteiger partial charge in [0.1, 0.15) is 11.9 Å². The minimum absolute atomic E-state index is 0.336. The fraction of sp³-hybridized carbons (Fsp3) is 0.625. The number of fused-ring (bicyclic) bond motifs is 1. The van der Waals surface area contributed by atoms with Crippen LogP contribution in [0.5, 0.6) is 5.75 Å². The van der Waals surface area contributed by atoms with Gasteiger partial charge in [0.15, 0.2) is 0 Å². The smallest absolute Gasteiger partial charge is 0.123 e. The minimum Gasteiger partial charge on any atom is -0.490 e. The fourth-order valence-electron chi connectivity index (χ4n) is 2.46. The molecule has 3 heteroatoms. The normalized spacial score (nSPS) is 17.3. The van der Waals surface area contributed by atoms with Gasteiger partial charge >= 0.3 is 0 Å². The van der Waals surface area contributed by atoms with Crippen LogP contribution in [0.25, 0.3) is 0 Å². The quantitative estimate of drug-likeness (QED) is 0.706. The van der Waals surface area contributed by atoms with E-state index in [-0.39, 0.29) is 0 Å². The van der Waals surface area contributed by atoms with Crippen molar-refractivity contribution in [2.45, 2.75) is 45.8 Å². The molecule has 106 valence electrons. The van der Waals surface area contributed by atoms with Crippen LogP contribution in [0.2, 0.25) is 0 Å². The third-order valence-electron chi connectivity index (χ3n) is 3.42. The van der Waals surface area contributed by atoms with Crippen molar-refractivity contribution in [2.24, 2.45) is 0 Å². The summed E-state index contributed by atoms with van der Waals surface area (Å²) >= 11 is 0. The second-order valence-electron chi connectivity index (χ2n) is 5.35. The van der Waals surface area contributed by atoms with Gasteiger partial charge < -0.3 is 15.4 Å². The third-order valence-corrected chi connectivity index (χ3v) is 3.42. The highest BCUT2D eigenvalue weighted by Gasteiger charge is 2.18. The molecule has 0 amide bonds. The highest BCUT2D eigenvalue weighted by Crippen LogP contribution is 2.29. The molecular weight excluding hydrogens is 236 g/mol. The first-order valence-electron chi connectivity index (χ1n) is 7.49. The maximum absolute atomic E-state index is 5.71. The van der Waals surface area contributed by atoms with Crippen LogP contribution in [0.1, 0.15) is 37.8 Å². The van der Waals surface area contributed by atoms with Gasteiger partial charge in [0.05, 0.1) is 0 Å². The van der Waals surface area contributed by atoms with Gasteiger partial charge in [-0.15, -0.1) is 0 Å². The third kappa shape index (κ3) is 4.51. The van der Waals surface area contributed by atoms with Crippen molar-refractivity contribution < 1.29 is 4.74 Å². The van der Waals surface area contributed by atoms with Crippen LogP contribution in [0.4, 0.5) is 0 Å². The predicted molar refractivity (Wildman–Crippen MR) is 79.7 cm³/mol. The summed E-state index contributed by atoms with van der Waals surface area (Å²) in [6.45, 7) is 8.58. The zero-order valence-electron chi connectivity index (χ0n) is 12.2. The molecule has 1 aromatic carbocycles. The molecule has 0 saturated heterocycles. The Morgan fingerprint density at radius 2 is 2.05 bits per heavy atom. The molecule has 1 unspecified atom stereocenters. The first-order chi connectivity index (χ1) is 9.29. The van der Waals surface area contributed by atoms with Gasteiger partial charge in [0, 0.05) is 13.0 Å². The van der Waals surface area contributed by atoms with Crippen LogP contribution in [0, 0.1) is 0 Å². The lowest BCUT2D eigenvalue weighted by atomic mass is 10.1. The topological polar surface area (TPSA) is 33.3 Å². The van der Waals surface area contributed by atoms with Crippen LogP contribution in [0.3, 0.4) is 0 Å². The molecule has 1 aliphatic heterocycles. The lowest BCUT2D eigenvalue weighted by Crippen LogP contribution is -2.22. The van der Waals surface area contributed by atoms with Crippen molar-refractivity contribution in [3.63, 3.8) is 0 Å². The summed E-state index contributed by atoms with van der Waals surface area (Å²) in [5, 5.41) is 6.92. The Labute approximate surface area is 116 Å². The Hall–Kier alpha value is -1.06. The van der Waals surface area contributed by atoms with E-state index in [0.717, 1.165) is 38.3 Å². The molecule has 1 aromatic rings. The maximum Gasteiger partial charge on any atom is 0.123 e. The van der Waals surface area contributed by atoms with E-state index in [2.05, 4.69) is 42.7 Å². The summed E-state index contributed by atoms with van der Waals surface area (Å²) in [5.74, 6) is 1.07. The van der Waals surface area contributed by atoms with Crippen molar-refractivity contribution in [1.29, 1.82) is 0 Å². The van der Waals surface area contributed by atoms with Crippen LogP contribution in [-0.2, 0) is 13.0 Å². The van der Waals surface area contributed by atoms with E-state index >= 15 is 0 Å². The summed E-state index contributed by atoms with van der Waals surface area (Å²) in [7, 11) is 0. The van der Waals surface area contributed by atoms with Crippen LogP contribution < -0.4 is 15.4 Å². The Morgan fingerprint density at radius 1 is 1.21 bits per heavy atom. The van der Waals surface area contributed by atoms with E-state index in [0.29, 0.717) is 6.10 Å². The van der Waals surface area contributed by atoms with E-state index in [1.165, 1.54) is 24.0 Å². The van der Waals surface area contributed by atoms with Gasteiger partial charge in [-0.1, -0.05) is 19.1 Å². The maximum atomic E-state index is 5.71. The van der Waals surface area contributed by atoms with Gasteiger partial charge in [-0.05, 0) is 56.6 Å². The average molecular weight is 262 g/mol. The zero-order chi connectivity index (χ0) is 13.5. The van der Waals surface area contributed by atoms with E-state index in [1.807, 2.05) is 0 Å². The molecule has 0 saturated carbocycles. The molecule has 0 aromatic heterocycles. The Morgan fingerprint density at radius 3 is 2.89 bits per heavy atom. The molecule has 1 heterocycles. The summed E-state index contributed by atoms with van der Waals surface area (Å²) in [6, 6.07) is 6.55. The molecule has 3 nitrogen and oxygen atoms in total. The van der Waals surface area contributed by atoms with Gasteiger partial charge in [-0.3, -0.25) is 0 Å². The summed E-state index contributed by atoms with van der Waals surface area (Å²) in [4.78, 5) is 0. The van der Waals surface area contributed by atoms with Crippen LogP contribution in [0.15, 0.2) is 18.2 Å². The van der Waals surface area contributed by atoms with Gasteiger partial charge in [0.25, 0.3) is 0 Å². The predicted octanol–water partition coefficient (Wildman–Crippen LogP) is 2.49. The number of ether oxygens (including phenoxy) is 1. The van der Waals surface area contributed by atoms with Crippen molar-refractivity contribution in [2.75, 3.05) is 19.6 Å². The second kappa shape index (κ2) is 7.51. The number of rotatable bonds is 8. The lowest BCUT2D eigenvalue weighted by molar-refractivity contribution is 0.254. The van der Waals surface area contributed by atoms with Crippen LogP contribution in [-0.4, -0.2) is 25.7 Å². The molecule has 0 bridgehead atoms. The van der Waals surface area contributed by atoms with Crippen LogP contribution >= 0.6 is 0 Å². The first kappa shape index (κ1) is 14.4. The molecule has 2 rings (SSSR count). The fourth-order valence-corrected chi connectivity index (χ4v) is 2.46. The van der Waals surface area contributed by atoms with E-state index in [4.69, 9.17) is 4.74 Å². The van der Waals surface area contributed by atoms with E-state index in [1.54, 1.807) is 0 Å². The monoisotopic (exact) mass is 262 g/mol. The van der Waals surface area contributed by atoms with Crippen molar-refractivity contribution >= 4 is 0 Å². The highest BCUT2D eigenvalue weighted by molar-refractivity contribution is 5.40. The zero-order valence-corrected chi connectivity index (χ0v) is 12.2. The molecule has 0 radical (unpaired) electrons. The van der Waals surface area contributed by atoms with E-state index < -0.39 is 0 Å². The molecule has 0 fully saturated rings. The summed E-state index contributed by atoms with van der Waals surface area (Å²) in [5.41, 5.74) is 2.72. The Balaban J connectivity index is 1.65. The van der Waals surface area contributed by atoms with Crippen molar-refractivity contribution in [1.82, 2.24) is 10.6 Å². The number of nitrogens with one attached hydrogen (secondary N) is 2. The first-order valence-corrected chi connectivity index (χ1v) is 7.49. The standard InChI is InChI=1S/C16H26N2O/c1-3-7-17-8-4-9-18-12-14-5-6-16-15(11-14)10-13(2)19-16/h5-6,11,13,17-18H,3-4,7-10,12H2,1-2H3. The number of benzene rings is 1. The van der Waals surface area contributed by atoms with Gasteiger partial charge in [-0.2, -0.15) is 0 Å². The summed E-state index contributed by atoms with van der Waals surface area (Å²) in [6.07, 6.45) is 3.78. The largest absolute Gasteiger partial charge is 0.490 e. The van der Waals surface area contributed by atoms with Crippen molar-refractivity contribution in [3.8, 4) is 5.75 Å². The summed E-state index contributed by atoms with van der Waals surface area (Å²) < 4.78 is 5.71. The van der Waals surface area contributed by atoms with Gasteiger partial charge in [0.2, 0.25) is 0 Å². The number of hydrogen-bond donors (Lipinski definition) is 2. The molecule has 2 N–H and O–H groups in total. The van der Waals surface area contributed by atoms with Gasteiger partial charge in [-0.25, -0.2) is 0 Å². The molecule has 1 aliphatic rings. The molecule has 1 atom stereocenters. The SMILES string of the molecule is CCCNCCCNCc1ccc2c(c1)CC(C)O2. The molecular formula is C16H26N2O. The molecule has 19 heavy (non-hydrogen) atoms.